The Kier molecular flexibility index (Phi) is 4.94. The first kappa shape index (κ1) is 15.8. The predicted octanol–water partition coefficient (Wildman–Crippen LogP) is 3.61. The number of hydrogen-bond acceptors (Lipinski definition) is 3. The van der Waals surface area contributed by atoms with Gasteiger partial charge in [0.25, 0.3) is 0 Å². The zero-order chi connectivity index (χ0) is 16.1. The molecule has 22 heavy (non-hydrogen) atoms. The quantitative estimate of drug-likeness (QED) is 0.654. The van der Waals surface area contributed by atoms with E-state index in [1.165, 1.54) is 12.1 Å². The number of phenols is 1. The Hall–Kier alpha value is -2.62. The fraction of sp³-hybridized carbons (Fsp3) is 0.222. The summed E-state index contributed by atoms with van der Waals surface area (Å²) in [7, 11) is 0. The third-order valence-electron chi connectivity index (χ3n) is 3.56. The van der Waals surface area contributed by atoms with Gasteiger partial charge in [-0.3, -0.25) is 9.59 Å². The second kappa shape index (κ2) is 6.89. The van der Waals surface area contributed by atoms with E-state index in [1.807, 2.05) is 26.0 Å². The summed E-state index contributed by atoms with van der Waals surface area (Å²) < 4.78 is 0. The summed E-state index contributed by atoms with van der Waals surface area (Å²) in [5.41, 5.74) is 3.45. The maximum absolute atomic E-state index is 12.1. The molecule has 0 fully saturated rings. The van der Waals surface area contributed by atoms with Crippen molar-refractivity contribution in [1.29, 1.82) is 0 Å². The number of amides is 1. The molecule has 0 bridgehead atoms. The van der Waals surface area contributed by atoms with Crippen LogP contribution in [0, 0.1) is 13.8 Å². The summed E-state index contributed by atoms with van der Waals surface area (Å²) >= 11 is 0. The minimum Gasteiger partial charge on any atom is -0.508 e. The van der Waals surface area contributed by atoms with Crippen molar-refractivity contribution in [3.63, 3.8) is 0 Å². The lowest BCUT2D eigenvalue weighted by atomic mass is 10.0. The Morgan fingerprint density at radius 3 is 2.27 bits per heavy atom. The van der Waals surface area contributed by atoms with Gasteiger partial charge in [-0.25, -0.2) is 0 Å². The average molecular weight is 297 g/mol. The average Bonchev–Trinajstić information content (AvgIpc) is 2.50. The molecule has 0 heterocycles. The van der Waals surface area contributed by atoms with Crippen LogP contribution >= 0.6 is 0 Å². The molecule has 4 nitrogen and oxygen atoms in total. The minimum atomic E-state index is -0.220. The molecule has 0 atom stereocenters. The molecule has 0 aliphatic rings. The van der Waals surface area contributed by atoms with Crippen molar-refractivity contribution in [3.8, 4) is 5.75 Å². The Balaban J connectivity index is 1.88. The van der Waals surface area contributed by atoms with Crippen molar-refractivity contribution in [2.24, 2.45) is 0 Å². The van der Waals surface area contributed by atoms with Crippen molar-refractivity contribution < 1.29 is 14.7 Å². The van der Waals surface area contributed by atoms with Gasteiger partial charge in [-0.15, -0.1) is 0 Å². The van der Waals surface area contributed by atoms with E-state index < -0.39 is 0 Å². The molecule has 0 aromatic heterocycles. The lowest BCUT2D eigenvalue weighted by Crippen LogP contribution is -2.13. The molecule has 0 saturated heterocycles. The molecule has 2 rings (SSSR count). The lowest BCUT2D eigenvalue weighted by Gasteiger charge is -2.06. The molecule has 0 unspecified atom stereocenters. The summed E-state index contributed by atoms with van der Waals surface area (Å²) in [6.45, 7) is 3.96. The molecule has 2 N–H and O–H groups in total. The smallest absolute Gasteiger partial charge is 0.224 e. The number of phenolic OH excluding ortho intramolecular Hbond substituents is 1. The minimum absolute atomic E-state index is 0.0380. The van der Waals surface area contributed by atoms with E-state index in [1.54, 1.807) is 18.2 Å². The fourth-order valence-electron chi connectivity index (χ4n) is 2.05. The summed E-state index contributed by atoms with van der Waals surface area (Å²) in [6.07, 6.45) is 0.305. The number of carbonyl (C=O) groups excluding carboxylic acids is 2. The van der Waals surface area contributed by atoms with Crippen LogP contribution in [0.1, 0.15) is 34.3 Å². The van der Waals surface area contributed by atoms with Crippen LogP contribution in [-0.4, -0.2) is 16.8 Å². The van der Waals surface area contributed by atoms with Crippen molar-refractivity contribution in [3.05, 3.63) is 59.2 Å². The molecule has 0 radical (unpaired) electrons. The number of rotatable bonds is 5. The first-order valence-electron chi connectivity index (χ1n) is 7.15. The van der Waals surface area contributed by atoms with Crippen molar-refractivity contribution >= 4 is 17.4 Å². The molecule has 2 aromatic carbocycles. The number of anilines is 1. The van der Waals surface area contributed by atoms with E-state index in [4.69, 9.17) is 0 Å². The van der Waals surface area contributed by atoms with Gasteiger partial charge in [0.1, 0.15) is 5.75 Å². The molecule has 2 aromatic rings. The van der Waals surface area contributed by atoms with Gasteiger partial charge in [0, 0.05) is 24.1 Å². The number of aromatic hydroxyl groups is 1. The van der Waals surface area contributed by atoms with E-state index in [-0.39, 0.29) is 30.3 Å². The Morgan fingerprint density at radius 2 is 1.64 bits per heavy atom. The number of ketones is 1. The van der Waals surface area contributed by atoms with E-state index in [0.29, 0.717) is 11.3 Å². The van der Waals surface area contributed by atoms with Crippen LogP contribution < -0.4 is 5.32 Å². The second-order valence-corrected chi connectivity index (χ2v) is 5.32. The van der Waals surface area contributed by atoms with Crippen molar-refractivity contribution in [1.82, 2.24) is 0 Å². The van der Waals surface area contributed by atoms with Crippen LogP contribution in [0.15, 0.2) is 42.5 Å². The molecule has 114 valence electrons. The topological polar surface area (TPSA) is 66.4 Å². The summed E-state index contributed by atoms with van der Waals surface area (Å²) in [5.74, 6) is -0.116. The Labute approximate surface area is 129 Å². The summed E-state index contributed by atoms with van der Waals surface area (Å²) in [4.78, 5) is 23.9. The van der Waals surface area contributed by atoms with Crippen LogP contribution in [0.5, 0.6) is 5.75 Å². The fourth-order valence-corrected chi connectivity index (χ4v) is 2.05. The third kappa shape index (κ3) is 4.19. The number of carbonyl (C=O) groups is 2. The highest BCUT2D eigenvalue weighted by Crippen LogP contribution is 2.15. The highest BCUT2D eigenvalue weighted by Gasteiger charge is 2.10. The Morgan fingerprint density at radius 1 is 0.955 bits per heavy atom. The first-order valence-corrected chi connectivity index (χ1v) is 7.15. The zero-order valence-corrected chi connectivity index (χ0v) is 12.7. The zero-order valence-electron chi connectivity index (χ0n) is 12.7. The molecular weight excluding hydrogens is 278 g/mol. The highest BCUT2D eigenvalue weighted by molar-refractivity contribution is 6.00. The van der Waals surface area contributed by atoms with Gasteiger partial charge in [0.05, 0.1) is 0 Å². The first-order chi connectivity index (χ1) is 10.5. The van der Waals surface area contributed by atoms with Gasteiger partial charge >= 0.3 is 0 Å². The van der Waals surface area contributed by atoms with Crippen LogP contribution in [0.3, 0.4) is 0 Å². The number of aryl methyl sites for hydroxylation is 2. The number of nitrogens with one attached hydrogen (secondary N) is 1. The van der Waals surface area contributed by atoms with Gasteiger partial charge in [-0.1, -0.05) is 12.1 Å². The monoisotopic (exact) mass is 297 g/mol. The van der Waals surface area contributed by atoms with Gasteiger partial charge in [0.15, 0.2) is 5.78 Å². The van der Waals surface area contributed by atoms with E-state index in [9.17, 15) is 14.7 Å². The summed E-state index contributed by atoms with van der Waals surface area (Å²) in [5, 5.41) is 11.9. The van der Waals surface area contributed by atoms with Gasteiger partial charge in [0.2, 0.25) is 5.91 Å². The molecule has 0 aliphatic carbocycles. The second-order valence-electron chi connectivity index (χ2n) is 5.32. The number of benzene rings is 2. The van der Waals surface area contributed by atoms with Crippen LogP contribution in [0.2, 0.25) is 0 Å². The molecular formula is C18H19NO3. The molecule has 0 spiro atoms. The van der Waals surface area contributed by atoms with Crippen molar-refractivity contribution in [2.45, 2.75) is 26.7 Å². The van der Waals surface area contributed by atoms with Crippen molar-refractivity contribution in [2.75, 3.05) is 5.32 Å². The lowest BCUT2D eigenvalue weighted by molar-refractivity contribution is -0.116. The van der Waals surface area contributed by atoms with E-state index in [2.05, 4.69) is 5.32 Å². The summed E-state index contributed by atoms with van der Waals surface area (Å²) in [6, 6.07) is 11.8. The van der Waals surface area contributed by atoms with Crippen LogP contribution in [0.25, 0.3) is 0 Å². The third-order valence-corrected chi connectivity index (χ3v) is 3.56. The maximum atomic E-state index is 12.1. The Bertz CT molecular complexity index is 690. The SMILES string of the molecule is Cc1ccc(C(=O)CCC(=O)Nc2ccc(O)cc2)cc1C. The van der Waals surface area contributed by atoms with Crippen LogP contribution in [-0.2, 0) is 4.79 Å². The van der Waals surface area contributed by atoms with E-state index in [0.717, 1.165) is 11.1 Å². The standard InChI is InChI=1S/C18H19NO3/c1-12-3-4-14(11-13(12)2)17(21)9-10-18(22)19-15-5-7-16(20)8-6-15/h3-8,11,20H,9-10H2,1-2H3,(H,19,22). The van der Waals surface area contributed by atoms with E-state index >= 15 is 0 Å². The maximum Gasteiger partial charge on any atom is 0.224 e. The van der Waals surface area contributed by atoms with Gasteiger partial charge < -0.3 is 10.4 Å². The normalized spacial score (nSPS) is 10.3. The molecule has 4 heteroatoms. The molecule has 0 saturated carbocycles. The number of hydrogen-bond donors (Lipinski definition) is 2. The molecule has 0 aliphatic heterocycles. The highest BCUT2D eigenvalue weighted by atomic mass is 16.3. The predicted molar refractivity (Wildman–Crippen MR) is 86.2 cm³/mol. The van der Waals surface area contributed by atoms with Gasteiger partial charge in [-0.05, 0) is 55.3 Å². The van der Waals surface area contributed by atoms with Crippen LogP contribution in [0.4, 0.5) is 5.69 Å². The largest absolute Gasteiger partial charge is 0.508 e. The molecule has 1 amide bonds. The number of Topliss-reactive ketones (excluding diaryl/α,β-unsaturated/α-hetero) is 1. The van der Waals surface area contributed by atoms with Gasteiger partial charge in [-0.2, -0.15) is 0 Å².